The van der Waals surface area contributed by atoms with Gasteiger partial charge in [0.1, 0.15) is 0 Å². The van der Waals surface area contributed by atoms with E-state index in [4.69, 9.17) is 15.3 Å². The summed E-state index contributed by atoms with van der Waals surface area (Å²) in [6, 6.07) is -0.0570. The Hall–Kier alpha value is -0.160. The number of aliphatic hydroxyl groups is 3. The van der Waals surface area contributed by atoms with Crippen molar-refractivity contribution < 1.29 is 15.3 Å². The molecule has 4 N–H and O–H groups in total. The van der Waals surface area contributed by atoms with Crippen LogP contribution in [-0.4, -0.2) is 46.7 Å². The Morgan fingerprint density at radius 3 is 2.50 bits per heavy atom. The average molecular weight is 147 g/mol. The van der Waals surface area contributed by atoms with E-state index in [-0.39, 0.29) is 12.6 Å². The number of nitrogens with one attached hydrogen (secondary N) is 1. The zero-order valence-electron chi connectivity index (χ0n) is 5.70. The van der Waals surface area contributed by atoms with Crippen LogP contribution in [0.25, 0.3) is 0 Å². The Labute approximate surface area is 59.5 Å². The highest BCUT2D eigenvalue weighted by atomic mass is 16.3. The lowest BCUT2D eigenvalue weighted by atomic mass is 10.0. The minimum Gasteiger partial charge on any atom is -0.395 e. The maximum Gasteiger partial charge on any atom is 0.0923 e. The van der Waals surface area contributed by atoms with Crippen molar-refractivity contribution in [2.45, 2.75) is 24.7 Å². The van der Waals surface area contributed by atoms with Crippen molar-refractivity contribution in [1.29, 1.82) is 0 Å². The van der Waals surface area contributed by atoms with Crippen LogP contribution in [0, 0.1) is 0 Å². The summed E-state index contributed by atoms with van der Waals surface area (Å²) < 4.78 is 0. The Kier molecular flexibility index (Phi) is 2.62. The van der Waals surface area contributed by atoms with Crippen LogP contribution >= 0.6 is 0 Å². The van der Waals surface area contributed by atoms with Crippen LogP contribution in [0.2, 0.25) is 0 Å². The van der Waals surface area contributed by atoms with E-state index >= 15 is 0 Å². The Morgan fingerprint density at radius 2 is 2.00 bits per heavy atom. The third kappa shape index (κ3) is 1.67. The van der Waals surface area contributed by atoms with Crippen molar-refractivity contribution in [3.63, 3.8) is 0 Å². The van der Waals surface area contributed by atoms with Gasteiger partial charge in [0.05, 0.1) is 18.8 Å². The number of aliphatic hydroxyl groups excluding tert-OH is 3. The molecule has 0 unspecified atom stereocenters. The number of hydrogen-bond donors (Lipinski definition) is 4. The molecule has 0 aromatic rings. The predicted octanol–water partition coefficient (Wildman–Crippen LogP) is -1.94. The zero-order chi connectivity index (χ0) is 7.56. The van der Waals surface area contributed by atoms with Crippen molar-refractivity contribution in [1.82, 2.24) is 5.32 Å². The third-order valence-electron chi connectivity index (χ3n) is 1.81. The second-order valence-corrected chi connectivity index (χ2v) is 2.66. The highest BCUT2D eigenvalue weighted by Crippen LogP contribution is 2.07. The summed E-state index contributed by atoms with van der Waals surface area (Å²) >= 11 is 0. The largest absolute Gasteiger partial charge is 0.395 e. The van der Waals surface area contributed by atoms with E-state index in [2.05, 4.69) is 5.32 Å². The quantitative estimate of drug-likeness (QED) is 0.348. The molecule has 0 radical (unpaired) electrons. The van der Waals surface area contributed by atoms with Gasteiger partial charge in [0.2, 0.25) is 0 Å². The Bertz CT molecular complexity index is 109. The van der Waals surface area contributed by atoms with Crippen LogP contribution in [0.15, 0.2) is 0 Å². The molecular formula is C6H13NO3. The number of β-amino-alcohol motifs (C(OH)–C–C–N with tert-alkyl or cyclic N) is 1. The molecule has 1 heterocycles. The van der Waals surface area contributed by atoms with Crippen LogP contribution in [-0.2, 0) is 0 Å². The topological polar surface area (TPSA) is 72.7 Å². The van der Waals surface area contributed by atoms with Crippen LogP contribution in [0.5, 0.6) is 0 Å². The first kappa shape index (κ1) is 7.94. The summed E-state index contributed by atoms with van der Waals surface area (Å²) in [5, 5.41) is 29.6. The van der Waals surface area contributed by atoms with Gasteiger partial charge in [-0.15, -0.1) is 0 Å². The Balaban J connectivity index is 2.33. The average Bonchev–Trinajstić information content (AvgIpc) is 1.95. The van der Waals surface area contributed by atoms with E-state index in [1.165, 1.54) is 0 Å². The summed E-state index contributed by atoms with van der Waals surface area (Å²) in [5.74, 6) is 0. The monoisotopic (exact) mass is 147 g/mol. The van der Waals surface area contributed by atoms with Crippen molar-refractivity contribution in [3.8, 4) is 0 Å². The molecule has 4 heteroatoms. The van der Waals surface area contributed by atoms with Gasteiger partial charge >= 0.3 is 0 Å². The molecule has 1 aliphatic heterocycles. The normalized spacial score (nSPS) is 41.7. The second kappa shape index (κ2) is 3.30. The predicted molar refractivity (Wildman–Crippen MR) is 35.5 cm³/mol. The molecule has 0 aromatic heterocycles. The van der Waals surface area contributed by atoms with Crippen molar-refractivity contribution >= 4 is 0 Å². The van der Waals surface area contributed by atoms with E-state index in [1.54, 1.807) is 0 Å². The van der Waals surface area contributed by atoms with Gasteiger partial charge in [-0.05, 0) is 6.42 Å². The lowest BCUT2D eigenvalue weighted by Gasteiger charge is -2.29. The molecule has 0 amide bonds. The van der Waals surface area contributed by atoms with Crippen LogP contribution in [0.1, 0.15) is 6.42 Å². The molecule has 0 aromatic carbocycles. The maximum absolute atomic E-state index is 9.08. The molecule has 0 saturated carbocycles. The van der Waals surface area contributed by atoms with E-state index in [9.17, 15) is 0 Å². The van der Waals surface area contributed by atoms with Gasteiger partial charge in [0, 0.05) is 12.6 Å². The first-order valence-corrected chi connectivity index (χ1v) is 3.44. The third-order valence-corrected chi connectivity index (χ3v) is 1.81. The number of piperidine rings is 1. The summed E-state index contributed by atoms with van der Waals surface area (Å²) in [6.45, 7) is 0.385. The first-order valence-electron chi connectivity index (χ1n) is 3.44. The minimum absolute atomic E-state index is 0.0176. The molecule has 1 saturated heterocycles. The SMILES string of the molecule is OC[C@@H]1C[C@H](O)[C@H](O)CN1. The standard InChI is InChI=1S/C6H13NO3/c8-3-4-1-5(9)6(10)2-7-4/h4-10H,1-3H2/t4-,5-,6+/m0/s1. The molecule has 1 rings (SSSR count). The van der Waals surface area contributed by atoms with Crippen molar-refractivity contribution in [2.24, 2.45) is 0 Å². The fourth-order valence-corrected chi connectivity index (χ4v) is 1.09. The highest BCUT2D eigenvalue weighted by Gasteiger charge is 2.25. The fraction of sp³-hybridized carbons (Fsp3) is 1.00. The van der Waals surface area contributed by atoms with Crippen molar-refractivity contribution in [2.75, 3.05) is 13.2 Å². The number of hydrogen-bond acceptors (Lipinski definition) is 4. The molecule has 1 fully saturated rings. The van der Waals surface area contributed by atoms with E-state index < -0.39 is 12.2 Å². The lowest BCUT2D eigenvalue weighted by molar-refractivity contribution is -0.0185. The molecule has 3 atom stereocenters. The van der Waals surface area contributed by atoms with Gasteiger partial charge in [-0.25, -0.2) is 0 Å². The molecule has 0 aliphatic carbocycles. The molecule has 10 heavy (non-hydrogen) atoms. The molecular weight excluding hydrogens is 134 g/mol. The lowest BCUT2D eigenvalue weighted by Crippen LogP contribution is -2.50. The summed E-state index contributed by atoms with van der Waals surface area (Å²) in [7, 11) is 0. The smallest absolute Gasteiger partial charge is 0.0923 e. The Morgan fingerprint density at radius 1 is 1.30 bits per heavy atom. The van der Waals surface area contributed by atoms with Gasteiger partial charge in [0.25, 0.3) is 0 Å². The number of rotatable bonds is 1. The summed E-state index contributed by atoms with van der Waals surface area (Å²) in [4.78, 5) is 0. The second-order valence-electron chi connectivity index (χ2n) is 2.66. The first-order chi connectivity index (χ1) is 4.74. The van der Waals surface area contributed by atoms with Crippen LogP contribution in [0.3, 0.4) is 0 Å². The molecule has 0 bridgehead atoms. The summed E-state index contributed by atoms with van der Waals surface area (Å²) in [6.07, 6.45) is -0.932. The van der Waals surface area contributed by atoms with Gasteiger partial charge in [0.15, 0.2) is 0 Å². The van der Waals surface area contributed by atoms with E-state index in [0.717, 1.165) is 0 Å². The van der Waals surface area contributed by atoms with Gasteiger partial charge in [-0.3, -0.25) is 0 Å². The summed E-state index contributed by atoms with van der Waals surface area (Å²) in [5.41, 5.74) is 0. The minimum atomic E-state index is -0.682. The maximum atomic E-state index is 9.08. The van der Waals surface area contributed by atoms with E-state index in [0.29, 0.717) is 13.0 Å². The van der Waals surface area contributed by atoms with Crippen LogP contribution < -0.4 is 5.32 Å². The van der Waals surface area contributed by atoms with Gasteiger partial charge < -0.3 is 20.6 Å². The molecule has 1 aliphatic rings. The molecule has 4 nitrogen and oxygen atoms in total. The molecule has 0 spiro atoms. The zero-order valence-corrected chi connectivity index (χ0v) is 5.70. The molecule has 60 valence electrons. The van der Waals surface area contributed by atoms with Crippen molar-refractivity contribution in [3.05, 3.63) is 0 Å². The fourth-order valence-electron chi connectivity index (χ4n) is 1.09. The van der Waals surface area contributed by atoms with Crippen LogP contribution in [0.4, 0.5) is 0 Å². The van der Waals surface area contributed by atoms with Gasteiger partial charge in [-0.1, -0.05) is 0 Å². The highest BCUT2D eigenvalue weighted by molar-refractivity contribution is 4.83. The van der Waals surface area contributed by atoms with E-state index in [1.807, 2.05) is 0 Å². The van der Waals surface area contributed by atoms with Gasteiger partial charge in [-0.2, -0.15) is 0 Å².